The normalized spacial score (nSPS) is 10.7. The van der Waals surface area contributed by atoms with Gasteiger partial charge < -0.3 is 20.7 Å². The SMILES string of the molecule is CC(C)(C)OC(=O)NCCNC(=O)CNC(=O)Cc1cccc(F)c1. The van der Waals surface area contributed by atoms with Crippen LogP contribution < -0.4 is 16.0 Å². The van der Waals surface area contributed by atoms with Crippen molar-refractivity contribution >= 4 is 17.9 Å². The second kappa shape index (κ2) is 9.61. The fraction of sp³-hybridized carbons (Fsp3) is 0.471. The van der Waals surface area contributed by atoms with Gasteiger partial charge in [-0.25, -0.2) is 9.18 Å². The van der Waals surface area contributed by atoms with Crippen molar-refractivity contribution in [2.24, 2.45) is 0 Å². The average molecular weight is 353 g/mol. The van der Waals surface area contributed by atoms with Crippen LogP contribution in [0.15, 0.2) is 24.3 Å². The minimum Gasteiger partial charge on any atom is -0.444 e. The first-order valence-corrected chi connectivity index (χ1v) is 7.90. The predicted octanol–water partition coefficient (Wildman–Crippen LogP) is 1.13. The average Bonchev–Trinajstić information content (AvgIpc) is 2.48. The van der Waals surface area contributed by atoms with E-state index in [0.717, 1.165) is 0 Å². The summed E-state index contributed by atoms with van der Waals surface area (Å²) in [4.78, 5) is 34.7. The summed E-state index contributed by atoms with van der Waals surface area (Å²) in [6.07, 6.45) is -0.573. The summed E-state index contributed by atoms with van der Waals surface area (Å²) < 4.78 is 18.1. The van der Waals surface area contributed by atoms with Crippen molar-refractivity contribution in [3.8, 4) is 0 Å². The summed E-state index contributed by atoms with van der Waals surface area (Å²) in [5, 5.41) is 7.49. The fourth-order valence-corrected chi connectivity index (χ4v) is 1.82. The van der Waals surface area contributed by atoms with Crippen molar-refractivity contribution in [1.29, 1.82) is 0 Å². The summed E-state index contributed by atoms with van der Waals surface area (Å²) in [6.45, 7) is 5.47. The number of hydrogen-bond donors (Lipinski definition) is 3. The van der Waals surface area contributed by atoms with E-state index in [1.54, 1.807) is 26.8 Å². The van der Waals surface area contributed by atoms with E-state index in [-0.39, 0.29) is 32.0 Å². The number of ether oxygens (including phenoxy) is 1. The second-order valence-electron chi connectivity index (χ2n) is 6.36. The lowest BCUT2D eigenvalue weighted by atomic mass is 10.1. The van der Waals surface area contributed by atoms with Crippen LogP contribution in [-0.2, 0) is 20.7 Å². The van der Waals surface area contributed by atoms with Crippen molar-refractivity contribution in [3.63, 3.8) is 0 Å². The topological polar surface area (TPSA) is 96.5 Å². The van der Waals surface area contributed by atoms with Gasteiger partial charge in [-0.3, -0.25) is 9.59 Å². The van der Waals surface area contributed by atoms with E-state index in [4.69, 9.17) is 4.74 Å². The molecule has 1 aromatic carbocycles. The number of nitrogens with one attached hydrogen (secondary N) is 3. The molecule has 0 heterocycles. The third kappa shape index (κ3) is 9.95. The number of rotatable bonds is 7. The van der Waals surface area contributed by atoms with Crippen LogP contribution in [0.1, 0.15) is 26.3 Å². The van der Waals surface area contributed by atoms with Gasteiger partial charge in [0.2, 0.25) is 11.8 Å². The molecular weight excluding hydrogens is 329 g/mol. The molecule has 0 saturated carbocycles. The Labute approximate surface area is 146 Å². The van der Waals surface area contributed by atoms with E-state index in [1.165, 1.54) is 18.2 Å². The Morgan fingerprint density at radius 1 is 1.04 bits per heavy atom. The molecule has 0 fully saturated rings. The minimum atomic E-state index is -0.584. The Morgan fingerprint density at radius 3 is 2.36 bits per heavy atom. The number of alkyl carbamates (subject to hydrolysis) is 1. The number of hydrogen-bond acceptors (Lipinski definition) is 4. The van der Waals surface area contributed by atoms with E-state index in [2.05, 4.69) is 16.0 Å². The van der Waals surface area contributed by atoms with Crippen molar-refractivity contribution < 1.29 is 23.5 Å². The van der Waals surface area contributed by atoms with Crippen molar-refractivity contribution in [3.05, 3.63) is 35.6 Å². The Morgan fingerprint density at radius 2 is 1.72 bits per heavy atom. The van der Waals surface area contributed by atoms with E-state index in [9.17, 15) is 18.8 Å². The van der Waals surface area contributed by atoms with Crippen LogP contribution in [0, 0.1) is 5.82 Å². The molecule has 0 aliphatic heterocycles. The largest absolute Gasteiger partial charge is 0.444 e. The molecule has 1 aromatic rings. The lowest BCUT2D eigenvalue weighted by molar-refractivity contribution is -0.125. The molecule has 0 radical (unpaired) electrons. The van der Waals surface area contributed by atoms with Gasteiger partial charge in [-0.1, -0.05) is 12.1 Å². The first-order chi connectivity index (χ1) is 11.7. The van der Waals surface area contributed by atoms with Gasteiger partial charge in [0.1, 0.15) is 11.4 Å². The lowest BCUT2D eigenvalue weighted by Crippen LogP contribution is -2.41. The summed E-state index contributed by atoms with van der Waals surface area (Å²) >= 11 is 0. The number of carbonyl (C=O) groups excluding carboxylic acids is 3. The molecule has 0 atom stereocenters. The van der Waals surface area contributed by atoms with Gasteiger partial charge in [0.25, 0.3) is 0 Å². The van der Waals surface area contributed by atoms with Gasteiger partial charge in [-0.05, 0) is 38.5 Å². The summed E-state index contributed by atoms with van der Waals surface area (Å²) in [5.41, 5.74) is -0.0568. The van der Waals surface area contributed by atoms with Crippen LogP contribution in [0.3, 0.4) is 0 Å². The zero-order chi connectivity index (χ0) is 18.9. The highest BCUT2D eigenvalue weighted by atomic mass is 19.1. The monoisotopic (exact) mass is 353 g/mol. The molecule has 8 heteroatoms. The highest BCUT2D eigenvalue weighted by Gasteiger charge is 2.15. The standard InChI is InChI=1S/C17H24FN3O4/c1-17(2,3)25-16(24)20-8-7-19-15(23)11-21-14(22)10-12-5-4-6-13(18)9-12/h4-6,9H,7-8,10-11H2,1-3H3,(H,19,23)(H,20,24)(H,21,22). The predicted molar refractivity (Wildman–Crippen MR) is 90.4 cm³/mol. The third-order valence-electron chi connectivity index (χ3n) is 2.82. The quantitative estimate of drug-likeness (QED) is 0.640. The van der Waals surface area contributed by atoms with Crippen molar-refractivity contribution in [1.82, 2.24) is 16.0 Å². The number of carbonyl (C=O) groups is 3. The zero-order valence-corrected chi connectivity index (χ0v) is 14.6. The molecule has 7 nitrogen and oxygen atoms in total. The Balaban J connectivity index is 2.16. The van der Waals surface area contributed by atoms with Crippen LogP contribution in [0.2, 0.25) is 0 Å². The van der Waals surface area contributed by atoms with Crippen LogP contribution in [0.4, 0.5) is 9.18 Å². The molecule has 3 N–H and O–H groups in total. The maximum Gasteiger partial charge on any atom is 0.407 e. The number of amides is 3. The van der Waals surface area contributed by atoms with Gasteiger partial charge in [0, 0.05) is 13.1 Å². The lowest BCUT2D eigenvalue weighted by Gasteiger charge is -2.19. The molecule has 0 aliphatic carbocycles. The van der Waals surface area contributed by atoms with E-state index >= 15 is 0 Å². The molecule has 0 bridgehead atoms. The molecule has 0 aliphatic rings. The van der Waals surface area contributed by atoms with Crippen LogP contribution in [0.5, 0.6) is 0 Å². The van der Waals surface area contributed by atoms with Crippen molar-refractivity contribution in [2.75, 3.05) is 19.6 Å². The van der Waals surface area contributed by atoms with Gasteiger partial charge in [-0.2, -0.15) is 0 Å². The molecule has 0 spiro atoms. The third-order valence-corrected chi connectivity index (χ3v) is 2.82. The molecular formula is C17H24FN3O4. The Kier molecular flexibility index (Phi) is 7.84. The van der Waals surface area contributed by atoms with Crippen molar-refractivity contribution in [2.45, 2.75) is 32.8 Å². The molecule has 138 valence electrons. The zero-order valence-electron chi connectivity index (χ0n) is 14.6. The molecule has 0 saturated heterocycles. The Hall–Kier alpha value is -2.64. The number of halogens is 1. The fourth-order valence-electron chi connectivity index (χ4n) is 1.82. The second-order valence-corrected chi connectivity index (χ2v) is 6.36. The highest BCUT2D eigenvalue weighted by molar-refractivity contribution is 5.85. The first-order valence-electron chi connectivity index (χ1n) is 7.90. The van der Waals surface area contributed by atoms with Gasteiger partial charge in [0.05, 0.1) is 13.0 Å². The number of benzene rings is 1. The summed E-state index contributed by atoms with van der Waals surface area (Å²) in [7, 11) is 0. The first kappa shape index (κ1) is 20.4. The smallest absolute Gasteiger partial charge is 0.407 e. The summed E-state index contributed by atoms with van der Waals surface area (Å²) in [5.74, 6) is -1.19. The maximum absolute atomic E-state index is 13.0. The Bertz CT molecular complexity index is 614. The molecule has 0 aromatic heterocycles. The van der Waals surface area contributed by atoms with E-state index in [0.29, 0.717) is 5.56 Å². The van der Waals surface area contributed by atoms with Gasteiger partial charge in [0.15, 0.2) is 0 Å². The van der Waals surface area contributed by atoms with E-state index < -0.39 is 23.4 Å². The summed E-state index contributed by atoms with van der Waals surface area (Å²) in [6, 6.07) is 5.70. The molecule has 25 heavy (non-hydrogen) atoms. The van der Waals surface area contributed by atoms with Gasteiger partial charge in [-0.15, -0.1) is 0 Å². The maximum atomic E-state index is 13.0. The van der Waals surface area contributed by atoms with Gasteiger partial charge >= 0.3 is 6.09 Å². The van der Waals surface area contributed by atoms with Crippen LogP contribution in [-0.4, -0.2) is 43.1 Å². The van der Waals surface area contributed by atoms with Crippen LogP contribution in [0.25, 0.3) is 0 Å². The molecule has 1 rings (SSSR count). The highest BCUT2D eigenvalue weighted by Crippen LogP contribution is 2.06. The van der Waals surface area contributed by atoms with Crippen LogP contribution >= 0.6 is 0 Å². The minimum absolute atomic E-state index is 0.00869. The van der Waals surface area contributed by atoms with E-state index in [1.807, 2.05) is 0 Å². The molecule has 3 amide bonds. The molecule has 0 unspecified atom stereocenters.